The maximum atomic E-state index is 12.9. The third kappa shape index (κ3) is 3.62. The largest absolute Gasteiger partial charge is 0.462 e. The fourth-order valence-electron chi connectivity index (χ4n) is 2.13. The van der Waals surface area contributed by atoms with Crippen molar-refractivity contribution in [2.24, 2.45) is 7.05 Å². The highest BCUT2D eigenvalue weighted by Crippen LogP contribution is 2.30. The number of aromatic nitrogens is 3. The van der Waals surface area contributed by atoms with E-state index in [4.69, 9.17) is 4.42 Å². The molecule has 0 saturated heterocycles. The van der Waals surface area contributed by atoms with Crippen LogP contribution in [-0.4, -0.2) is 14.8 Å². The van der Waals surface area contributed by atoms with Gasteiger partial charge in [0.05, 0.1) is 6.26 Å². The molecule has 9 heteroatoms. The highest BCUT2D eigenvalue weighted by Gasteiger charge is 2.36. The highest BCUT2D eigenvalue weighted by atomic mass is 32.1. The number of alkyl halides is 3. The second-order valence-corrected chi connectivity index (χ2v) is 6.00. The van der Waals surface area contributed by atoms with Gasteiger partial charge in [-0.25, -0.2) is 4.98 Å². The summed E-state index contributed by atoms with van der Waals surface area (Å²) in [5.74, 6) is 0.674. The molecule has 122 valence electrons. The molecule has 0 unspecified atom stereocenters. The molecule has 0 aliphatic rings. The molecule has 3 aromatic heterocycles. The van der Waals surface area contributed by atoms with E-state index < -0.39 is 11.9 Å². The predicted molar refractivity (Wildman–Crippen MR) is 78.6 cm³/mol. The van der Waals surface area contributed by atoms with Gasteiger partial charge in [-0.05, 0) is 12.1 Å². The predicted octanol–water partition coefficient (Wildman–Crippen LogP) is 3.45. The molecule has 0 aliphatic heterocycles. The summed E-state index contributed by atoms with van der Waals surface area (Å²) in [4.78, 5) is 5.14. The summed E-state index contributed by atoms with van der Waals surface area (Å²) in [6.07, 6.45) is 0.172. The molecular formula is C14H13F3N4OS. The number of thiazole rings is 1. The summed E-state index contributed by atoms with van der Waals surface area (Å²) >= 11 is 1.43. The van der Waals surface area contributed by atoms with Crippen LogP contribution in [0.4, 0.5) is 13.2 Å². The van der Waals surface area contributed by atoms with Gasteiger partial charge in [0.1, 0.15) is 0 Å². The minimum absolute atomic E-state index is 0.0800. The van der Waals surface area contributed by atoms with Gasteiger partial charge in [-0.2, -0.15) is 18.3 Å². The number of nitrogens with zero attached hydrogens (tertiary/aromatic N) is 3. The van der Waals surface area contributed by atoms with Gasteiger partial charge in [0.15, 0.2) is 16.5 Å². The van der Waals surface area contributed by atoms with E-state index in [1.165, 1.54) is 29.3 Å². The fourth-order valence-corrected chi connectivity index (χ4v) is 2.98. The highest BCUT2D eigenvalue weighted by molar-refractivity contribution is 7.14. The lowest BCUT2D eigenvalue weighted by molar-refractivity contribution is -0.142. The zero-order chi connectivity index (χ0) is 16.4. The van der Waals surface area contributed by atoms with E-state index in [2.05, 4.69) is 15.4 Å². The summed E-state index contributed by atoms with van der Waals surface area (Å²) in [5.41, 5.74) is -0.733. The SMILES string of the molecule is Cn1cc(CNCc2cnc(-c3ccco3)s2)c(C(F)(F)F)n1. The van der Waals surface area contributed by atoms with E-state index in [0.717, 1.165) is 9.88 Å². The Balaban J connectivity index is 1.62. The molecule has 0 atom stereocenters. The molecule has 23 heavy (non-hydrogen) atoms. The molecule has 5 nitrogen and oxygen atoms in total. The van der Waals surface area contributed by atoms with Crippen molar-refractivity contribution in [2.75, 3.05) is 0 Å². The zero-order valence-corrected chi connectivity index (χ0v) is 12.9. The van der Waals surface area contributed by atoms with Crippen LogP contribution in [0.25, 0.3) is 10.8 Å². The van der Waals surface area contributed by atoms with E-state index in [1.54, 1.807) is 24.6 Å². The quantitative estimate of drug-likeness (QED) is 0.772. The summed E-state index contributed by atoms with van der Waals surface area (Å²) in [7, 11) is 1.47. The van der Waals surface area contributed by atoms with Crippen LogP contribution in [0.3, 0.4) is 0 Å². The van der Waals surface area contributed by atoms with Crippen molar-refractivity contribution in [3.05, 3.63) is 46.9 Å². The first-order valence-corrected chi connectivity index (χ1v) is 7.54. The molecule has 0 amide bonds. The number of hydrogen-bond donors (Lipinski definition) is 1. The maximum absolute atomic E-state index is 12.9. The average molecular weight is 342 g/mol. The topological polar surface area (TPSA) is 55.9 Å². The van der Waals surface area contributed by atoms with Crippen LogP contribution >= 0.6 is 11.3 Å². The molecule has 3 heterocycles. The summed E-state index contributed by atoms with van der Waals surface area (Å²) in [6.45, 7) is 0.501. The number of rotatable bonds is 5. The van der Waals surface area contributed by atoms with Gasteiger partial charge in [0.25, 0.3) is 0 Å². The molecular weight excluding hydrogens is 329 g/mol. The van der Waals surface area contributed by atoms with Crippen molar-refractivity contribution in [3.8, 4) is 10.8 Å². The van der Waals surface area contributed by atoms with Crippen molar-refractivity contribution < 1.29 is 17.6 Å². The number of furan rings is 1. The Bertz CT molecular complexity index is 776. The second-order valence-electron chi connectivity index (χ2n) is 4.89. The van der Waals surface area contributed by atoms with Crippen LogP contribution in [0.1, 0.15) is 16.1 Å². The van der Waals surface area contributed by atoms with E-state index in [0.29, 0.717) is 12.3 Å². The zero-order valence-electron chi connectivity index (χ0n) is 12.1. The molecule has 0 spiro atoms. The van der Waals surface area contributed by atoms with E-state index in [1.807, 2.05) is 0 Å². The molecule has 0 aliphatic carbocycles. The van der Waals surface area contributed by atoms with Gasteiger partial charge >= 0.3 is 6.18 Å². The smallest absolute Gasteiger partial charge is 0.435 e. The fraction of sp³-hybridized carbons (Fsp3) is 0.286. The molecule has 0 saturated carbocycles. The lowest BCUT2D eigenvalue weighted by Gasteiger charge is -2.06. The monoisotopic (exact) mass is 342 g/mol. The Labute approximate surface area is 133 Å². The molecule has 0 aromatic carbocycles. The third-order valence-electron chi connectivity index (χ3n) is 3.07. The van der Waals surface area contributed by atoms with Crippen LogP contribution in [-0.2, 0) is 26.3 Å². The van der Waals surface area contributed by atoms with Crippen molar-refractivity contribution in [1.29, 1.82) is 0 Å². The first kappa shape index (κ1) is 15.8. The lowest BCUT2D eigenvalue weighted by Crippen LogP contribution is -2.16. The molecule has 1 N–H and O–H groups in total. The van der Waals surface area contributed by atoms with E-state index >= 15 is 0 Å². The van der Waals surface area contributed by atoms with Crippen LogP contribution in [0.15, 0.2) is 35.2 Å². The second kappa shape index (κ2) is 6.17. The Morgan fingerprint density at radius 2 is 2.17 bits per heavy atom. The van der Waals surface area contributed by atoms with Gasteiger partial charge in [-0.1, -0.05) is 0 Å². The maximum Gasteiger partial charge on any atom is 0.435 e. The van der Waals surface area contributed by atoms with Crippen LogP contribution in [0, 0.1) is 0 Å². The summed E-state index contributed by atoms with van der Waals surface area (Å²) < 4.78 is 45.0. The standard InChI is InChI=1S/C14H13F3N4OS/c1-21-8-9(12(20-21)14(15,16)17)5-18-6-10-7-19-13(23-10)11-3-2-4-22-11/h2-4,7-8,18H,5-6H2,1H3. The summed E-state index contributed by atoms with van der Waals surface area (Å²) in [5, 5.41) is 7.20. The number of halogens is 3. The number of aryl methyl sites for hydroxylation is 1. The average Bonchev–Trinajstić information content (AvgIpc) is 3.17. The minimum atomic E-state index is -4.45. The molecule has 0 radical (unpaired) electrons. The van der Waals surface area contributed by atoms with Crippen molar-refractivity contribution in [1.82, 2.24) is 20.1 Å². The van der Waals surface area contributed by atoms with Crippen molar-refractivity contribution in [3.63, 3.8) is 0 Å². The molecule has 0 bridgehead atoms. The van der Waals surface area contributed by atoms with Crippen LogP contribution < -0.4 is 5.32 Å². The Hall–Kier alpha value is -2.13. The molecule has 3 rings (SSSR count). The molecule has 3 aromatic rings. The Morgan fingerprint density at radius 3 is 2.87 bits per heavy atom. The van der Waals surface area contributed by atoms with Gasteiger partial charge in [0, 0.05) is 43.0 Å². The van der Waals surface area contributed by atoms with E-state index in [9.17, 15) is 13.2 Å². The third-order valence-corrected chi connectivity index (χ3v) is 4.09. The first-order valence-electron chi connectivity index (χ1n) is 6.72. The van der Waals surface area contributed by atoms with Crippen LogP contribution in [0.2, 0.25) is 0 Å². The van der Waals surface area contributed by atoms with Crippen molar-refractivity contribution >= 4 is 11.3 Å². The Morgan fingerprint density at radius 1 is 1.35 bits per heavy atom. The van der Waals surface area contributed by atoms with E-state index in [-0.39, 0.29) is 12.1 Å². The van der Waals surface area contributed by atoms with Gasteiger partial charge in [0.2, 0.25) is 0 Å². The number of hydrogen-bond acceptors (Lipinski definition) is 5. The Kier molecular flexibility index (Phi) is 4.22. The normalized spacial score (nSPS) is 12.0. The van der Waals surface area contributed by atoms with Gasteiger partial charge in [-0.3, -0.25) is 4.68 Å². The van der Waals surface area contributed by atoms with Gasteiger partial charge < -0.3 is 9.73 Å². The molecule has 0 fully saturated rings. The lowest BCUT2D eigenvalue weighted by atomic mass is 10.2. The number of nitrogens with one attached hydrogen (secondary N) is 1. The minimum Gasteiger partial charge on any atom is -0.462 e. The van der Waals surface area contributed by atoms with Crippen LogP contribution in [0.5, 0.6) is 0 Å². The van der Waals surface area contributed by atoms with Gasteiger partial charge in [-0.15, -0.1) is 11.3 Å². The van der Waals surface area contributed by atoms with Crippen molar-refractivity contribution in [2.45, 2.75) is 19.3 Å². The summed E-state index contributed by atoms with van der Waals surface area (Å²) in [6, 6.07) is 3.58. The first-order chi connectivity index (χ1) is 10.9.